The summed E-state index contributed by atoms with van der Waals surface area (Å²) in [6.45, 7) is 3.28. The lowest BCUT2D eigenvalue weighted by Crippen LogP contribution is -2.41. The van der Waals surface area contributed by atoms with Crippen molar-refractivity contribution in [2.24, 2.45) is 5.92 Å². The highest BCUT2D eigenvalue weighted by Gasteiger charge is 2.35. The molecule has 2 aliphatic rings. The van der Waals surface area contributed by atoms with Crippen LogP contribution < -0.4 is 5.32 Å². The van der Waals surface area contributed by atoms with Gasteiger partial charge in [-0.2, -0.15) is 0 Å². The molecule has 0 spiro atoms. The Morgan fingerprint density at radius 1 is 1.12 bits per heavy atom. The number of carbonyl (C=O) groups is 1. The van der Waals surface area contributed by atoms with E-state index in [0.29, 0.717) is 12.5 Å². The number of para-hydroxylation sites is 1. The van der Waals surface area contributed by atoms with Crippen LogP contribution in [0, 0.1) is 5.92 Å². The Morgan fingerprint density at radius 3 is 2.38 bits per heavy atom. The molecule has 1 aromatic rings. The summed E-state index contributed by atoms with van der Waals surface area (Å²) in [4.78, 5) is 16.2. The van der Waals surface area contributed by atoms with Crippen LogP contribution in [0.4, 0.5) is 5.69 Å². The van der Waals surface area contributed by atoms with Gasteiger partial charge < -0.3 is 5.32 Å². The molecular weight excluding hydrogens is 316 g/mol. The van der Waals surface area contributed by atoms with E-state index in [9.17, 15) is 4.79 Å². The highest BCUT2D eigenvalue weighted by molar-refractivity contribution is 7.98. The SMILES string of the molecule is CSc1ccccc1NC(=O)CCN(C1CCC(C)CC1)C1CC1. The molecule has 0 saturated heterocycles. The lowest BCUT2D eigenvalue weighted by atomic mass is 9.86. The van der Waals surface area contributed by atoms with E-state index >= 15 is 0 Å². The second kappa shape index (κ2) is 8.39. The molecule has 0 atom stereocenters. The van der Waals surface area contributed by atoms with Crippen LogP contribution in [0.25, 0.3) is 0 Å². The maximum atomic E-state index is 12.4. The number of thioether (sulfide) groups is 1. The van der Waals surface area contributed by atoms with Crippen LogP contribution in [0.1, 0.15) is 51.9 Å². The minimum Gasteiger partial charge on any atom is -0.325 e. The van der Waals surface area contributed by atoms with Gasteiger partial charge in [0.25, 0.3) is 0 Å². The molecule has 3 rings (SSSR count). The molecule has 2 fully saturated rings. The van der Waals surface area contributed by atoms with E-state index in [1.165, 1.54) is 38.5 Å². The fourth-order valence-corrected chi connectivity index (χ4v) is 4.39. The van der Waals surface area contributed by atoms with E-state index in [0.717, 1.165) is 29.1 Å². The first kappa shape index (κ1) is 17.8. The Hall–Kier alpha value is -1.00. The number of rotatable bonds is 7. The molecule has 1 aromatic carbocycles. The molecule has 2 aliphatic carbocycles. The molecule has 132 valence electrons. The van der Waals surface area contributed by atoms with Crippen LogP contribution in [-0.4, -0.2) is 35.7 Å². The van der Waals surface area contributed by atoms with Crippen molar-refractivity contribution < 1.29 is 4.79 Å². The molecule has 1 N–H and O–H groups in total. The summed E-state index contributed by atoms with van der Waals surface area (Å²) in [5.41, 5.74) is 0.944. The Morgan fingerprint density at radius 2 is 1.75 bits per heavy atom. The normalized spacial score (nSPS) is 24.1. The number of nitrogens with zero attached hydrogens (tertiary/aromatic N) is 1. The molecule has 0 radical (unpaired) electrons. The van der Waals surface area contributed by atoms with Crippen molar-refractivity contribution >= 4 is 23.4 Å². The van der Waals surface area contributed by atoms with Gasteiger partial charge in [0.1, 0.15) is 0 Å². The Labute approximate surface area is 150 Å². The van der Waals surface area contributed by atoms with Crippen molar-refractivity contribution in [2.45, 2.75) is 68.8 Å². The number of hydrogen-bond acceptors (Lipinski definition) is 3. The fraction of sp³-hybridized carbons (Fsp3) is 0.650. The minimum absolute atomic E-state index is 0.145. The minimum atomic E-state index is 0.145. The molecule has 24 heavy (non-hydrogen) atoms. The summed E-state index contributed by atoms with van der Waals surface area (Å²) in [5.74, 6) is 1.03. The van der Waals surface area contributed by atoms with Crippen LogP contribution in [0.5, 0.6) is 0 Å². The summed E-state index contributed by atoms with van der Waals surface area (Å²) >= 11 is 1.67. The molecule has 0 bridgehead atoms. The Kier molecular flexibility index (Phi) is 6.23. The maximum Gasteiger partial charge on any atom is 0.225 e. The third-order valence-electron chi connectivity index (χ3n) is 5.45. The van der Waals surface area contributed by atoms with Crippen LogP contribution in [0.2, 0.25) is 0 Å². The number of amides is 1. The van der Waals surface area contributed by atoms with Gasteiger partial charge in [-0.15, -0.1) is 11.8 Å². The quantitative estimate of drug-likeness (QED) is 0.721. The average molecular weight is 347 g/mol. The highest BCUT2D eigenvalue weighted by Crippen LogP contribution is 2.35. The zero-order valence-electron chi connectivity index (χ0n) is 15.0. The smallest absolute Gasteiger partial charge is 0.225 e. The third-order valence-corrected chi connectivity index (χ3v) is 6.24. The topological polar surface area (TPSA) is 32.3 Å². The number of nitrogens with one attached hydrogen (secondary N) is 1. The molecule has 0 aromatic heterocycles. The van der Waals surface area contributed by atoms with Crippen molar-refractivity contribution in [1.29, 1.82) is 0 Å². The van der Waals surface area contributed by atoms with Crippen LogP contribution in [0.15, 0.2) is 29.2 Å². The zero-order valence-corrected chi connectivity index (χ0v) is 15.8. The predicted octanol–water partition coefficient (Wildman–Crippen LogP) is 4.78. The fourth-order valence-electron chi connectivity index (χ4n) is 3.83. The molecule has 2 saturated carbocycles. The van der Waals surface area contributed by atoms with Gasteiger partial charge >= 0.3 is 0 Å². The van der Waals surface area contributed by atoms with Gasteiger partial charge in [-0.3, -0.25) is 9.69 Å². The molecule has 4 heteroatoms. The van der Waals surface area contributed by atoms with Crippen molar-refractivity contribution in [2.75, 3.05) is 18.1 Å². The monoisotopic (exact) mass is 346 g/mol. The molecule has 0 unspecified atom stereocenters. The highest BCUT2D eigenvalue weighted by atomic mass is 32.2. The van der Waals surface area contributed by atoms with Crippen molar-refractivity contribution in [3.63, 3.8) is 0 Å². The van der Waals surface area contributed by atoms with E-state index in [1.807, 2.05) is 24.5 Å². The second-order valence-corrected chi connectivity index (χ2v) is 8.23. The third kappa shape index (κ3) is 4.76. The largest absolute Gasteiger partial charge is 0.325 e. The number of anilines is 1. The van der Waals surface area contributed by atoms with Gasteiger partial charge in [0.15, 0.2) is 0 Å². The maximum absolute atomic E-state index is 12.4. The Balaban J connectivity index is 1.52. The van der Waals surface area contributed by atoms with E-state index in [2.05, 4.69) is 23.2 Å². The summed E-state index contributed by atoms with van der Waals surface area (Å²) < 4.78 is 0. The van der Waals surface area contributed by atoms with E-state index < -0.39 is 0 Å². The van der Waals surface area contributed by atoms with E-state index in [4.69, 9.17) is 0 Å². The molecule has 1 amide bonds. The molecule has 0 aliphatic heterocycles. The standard InChI is InChI=1S/C20H30N2OS/c1-15-7-9-16(10-8-15)22(17-11-12-17)14-13-20(23)21-18-5-3-4-6-19(18)24-2/h3-6,15-17H,7-14H2,1-2H3,(H,21,23). The number of carbonyl (C=O) groups excluding carboxylic acids is 1. The summed E-state index contributed by atoms with van der Waals surface area (Å²) in [6, 6.07) is 9.50. The molecule has 3 nitrogen and oxygen atoms in total. The zero-order chi connectivity index (χ0) is 16.9. The first-order valence-corrected chi connectivity index (χ1v) is 10.6. The number of benzene rings is 1. The number of hydrogen-bond donors (Lipinski definition) is 1. The lowest BCUT2D eigenvalue weighted by Gasteiger charge is -2.36. The van der Waals surface area contributed by atoms with E-state index in [1.54, 1.807) is 11.8 Å². The summed E-state index contributed by atoms with van der Waals surface area (Å²) in [7, 11) is 0. The van der Waals surface area contributed by atoms with E-state index in [-0.39, 0.29) is 5.91 Å². The van der Waals surface area contributed by atoms with Gasteiger partial charge in [-0.05, 0) is 62.8 Å². The molecule has 0 heterocycles. The first-order valence-electron chi connectivity index (χ1n) is 9.36. The van der Waals surface area contributed by atoms with Gasteiger partial charge in [0, 0.05) is 29.9 Å². The van der Waals surface area contributed by atoms with Crippen LogP contribution in [0.3, 0.4) is 0 Å². The molecular formula is C20H30N2OS. The van der Waals surface area contributed by atoms with Gasteiger partial charge in [0.05, 0.1) is 5.69 Å². The lowest BCUT2D eigenvalue weighted by molar-refractivity contribution is -0.116. The average Bonchev–Trinajstić information content (AvgIpc) is 3.42. The van der Waals surface area contributed by atoms with Crippen molar-refractivity contribution in [3.05, 3.63) is 24.3 Å². The van der Waals surface area contributed by atoms with Gasteiger partial charge in [0.2, 0.25) is 5.91 Å². The Bertz CT molecular complexity index is 550. The summed E-state index contributed by atoms with van der Waals surface area (Å²) in [5, 5.41) is 3.10. The van der Waals surface area contributed by atoms with Gasteiger partial charge in [-0.1, -0.05) is 19.1 Å². The summed E-state index contributed by atoms with van der Waals surface area (Å²) in [6.07, 6.45) is 10.6. The van der Waals surface area contributed by atoms with Crippen LogP contribution in [-0.2, 0) is 4.79 Å². The van der Waals surface area contributed by atoms with Crippen molar-refractivity contribution in [3.8, 4) is 0 Å². The van der Waals surface area contributed by atoms with Crippen molar-refractivity contribution in [1.82, 2.24) is 4.90 Å². The van der Waals surface area contributed by atoms with Gasteiger partial charge in [-0.25, -0.2) is 0 Å². The first-order chi connectivity index (χ1) is 11.7. The van der Waals surface area contributed by atoms with Crippen LogP contribution >= 0.6 is 11.8 Å². The predicted molar refractivity (Wildman–Crippen MR) is 103 cm³/mol. The second-order valence-electron chi connectivity index (χ2n) is 7.38.